The first kappa shape index (κ1) is 47.1. The highest BCUT2D eigenvalue weighted by Crippen LogP contribution is 2.38. The molecule has 0 fully saturated rings. The molecule has 0 heterocycles. The Morgan fingerprint density at radius 2 is 0.435 bits per heavy atom. The van der Waals surface area contributed by atoms with Crippen molar-refractivity contribution >= 4 is 37.7 Å². The van der Waals surface area contributed by atoms with Gasteiger partial charge in [-0.05, 0) is 12.8 Å². The van der Waals surface area contributed by atoms with Crippen LogP contribution in [0.1, 0.15) is 208 Å². The molecule has 0 bridgehead atoms. The maximum absolute atomic E-state index is 2.38. The summed E-state index contributed by atoms with van der Waals surface area (Å²) in [5.41, 5.74) is 0. The van der Waals surface area contributed by atoms with E-state index in [2.05, 4.69) is 63.1 Å². The third kappa shape index (κ3) is 27.9. The van der Waals surface area contributed by atoms with Crippen LogP contribution in [0, 0.1) is 0 Å². The van der Waals surface area contributed by atoms with E-state index in [1.54, 1.807) is 86.9 Å². The first-order chi connectivity index (χ1) is 22.6. The SMILES string of the molecule is CCCCCC[Si](CCCCCC)(CCCCCC)CCCSSCCC[Si](CCCCCC)(CCCCCC)CCCCCC. The lowest BCUT2D eigenvalue weighted by Crippen LogP contribution is -2.34. The second-order valence-electron chi connectivity index (χ2n) is 15.7. The standard InChI is InChI=1S/C42H90S2Si2/c1-7-13-19-25-35-45(36-26-20-14-8-2,37-27-21-15-9-3)41-31-33-43-44-34-32-42-46(38-28-22-16-10-4,39-29-23-17-11-5)40-30-24-18-12-6/h7-42H2,1-6H3. The molecule has 0 saturated carbocycles. The van der Waals surface area contributed by atoms with Gasteiger partial charge in [0.25, 0.3) is 0 Å². The Labute approximate surface area is 304 Å². The molecule has 0 aromatic carbocycles. The summed E-state index contributed by atoms with van der Waals surface area (Å²) in [6.45, 7) is 14.3. The molecule has 0 unspecified atom stereocenters. The van der Waals surface area contributed by atoms with E-state index in [1.165, 1.54) is 140 Å². The lowest BCUT2D eigenvalue weighted by molar-refractivity contribution is 0.661. The van der Waals surface area contributed by atoms with Gasteiger partial charge in [-0.2, -0.15) is 0 Å². The summed E-state index contributed by atoms with van der Waals surface area (Å²) in [6.07, 6.45) is 38.4. The molecule has 0 aromatic rings. The van der Waals surface area contributed by atoms with Crippen molar-refractivity contribution in [3.05, 3.63) is 0 Å². The summed E-state index contributed by atoms with van der Waals surface area (Å²) in [6, 6.07) is 13.2. The Kier molecular flexibility index (Phi) is 36.8. The molecule has 0 aromatic heterocycles. The van der Waals surface area contributed by atoms with Crippen LogP contribution in [-0.4, -0.2) is 27.7 Å². The van der Waals surface area contributed by atoms with Crippen LogP contribution in [0.15, 0.2) is 0 Å². The number of hydrogen-bond donors (Lipinski definition) is 0. The van der Waals surface area contributed by atoms with E-state index in [0.29, 0.717) is 0 Å². The Hall–Kier alpha value is 1.13. The van der Waals surface area contributed by atoms with Crippen LogP contribution in [-0.2, 0) is 0 Å². The molecule has 4 heteroatoms. The Morgan fingerprint density at radius 1 is 0.239 bits per heavy atom. The maximum atomic E-state index is 2.38. The van der Waals surface area contributed by atoms with Gasteiger partial charge in [-0.15, -0.1) is 0 Å². The molecular weight excluding hydrogens is 625 g/mol. The molecule has 0 spiro atoms. The van der Waals surface area contributed by atoms with Gasteiger partial charge in [-0.3, -0.25) is 0 Å². The van der Waals surface area contributed by atoms with Gasteiger partial charge < -0.3 is 0 Å². The van der Waals surface area contributed by atoms with E-state index in [1.807, 2.05) is 0 Å². The highest BCUT2D eigenvalue weighted by molar-refractivity contribution is 8.76. The molecule has 0 nitrogen and oxygen atoms in total. The summed E-state index contributed by atoms with van der Waals surface area (Å²) in [5.74, 6) is 2.85. The third-order valence-electron chi connectivity index (χ3n) is 11.3. The van der Waals surface area contributed by atoms with Crippen LogP contribution in [0.5, 0.6) is 0 Å². The highest BCUT2D eigenvalue weighted by atomic mass is 33.1. The third-order valence-corrected chi connectivity index (χ3v) is 25.2. The van der Waals surface area contributed by atoms with Crippen molar-refractivity contribution in [2.75, 3.05) is 11.5 Å². The number of hydrogen-bond acceptors (Lipinski definition) is 2. The predicted octanol–water partition coefficient (Wildman–Crippen LogP) is 17.5. The van der Waals surface area contributed by atoms with Gasteiger partial charge in [-0.25, -0.2) is 0 Å². The fraction of sp³-hybridized carbons (Fsp3) is 1.00. The first-order valence-corrected chi connectivity index (χ1v) is 30.0. The monoisotopic (exact) mass is 715 g/mol. The molecule has 0 aliphatic rings. The van der Waals surface area contributed by atoms with Crippen LogP contribution < -0.4 is 0 Å². The summed E-state index contributed by atoms with van der Waals surface area (Å²) in [7, 11) is 2.30. The minimum atomic E-state index is -1.12. The summed E-state index contributed by atoms with van der Waals surface area (Å²) < 4.78 is 0. The summed E-state index contributed by atoms with van der Waals surface area (Å²) >= 11 is 0. The van der Waals surface area contributed by atoms with Gasteiger partial charge in [-0.1, -0.05) is 266 Å². The summed E-state index contributed by atoms with van der Waals surface area (Å²) in [5, 5.41) is 0. The highest BCUT2D eigenvalue weighted by Gasteiger charge is 2.32. The minimum absolute atomic E-state index is 1.12. The Bertz CT molecular complexity index is 471. The van der Waals surface area contributed by atoms with Crippen LogP contribution in [0.4, 0.5) is 0 Å². The fourth-order valence-corrected chi connectivity index (χ4v) is 21.7. The molecule has 0 aliphatic heterocycles. The Balaban J connectivity index is 5.00. The molecule has 0 aliphatic carbocycles. The largest absolute Gasteiger partial charge is 0.0942 e. The zero-order valence-corrected chi connectivity index (χ0v) is 36.9. The average Bonchev–Trinajstić information content (AvgIpc) is 3.07. The van der Waals surface area contributed by atoms with Crippen molar-refractivity contribution in [3.63, 3.8) is 0 Å². The van der Waals surface area contributed by atoms with Crippen molar-refractivity contribution in [1.82, 2.24) is 0 Å². The van der Waals surface area contributed by atoms with Gasteiger partial charge in [0, 0.05) is 11.5 Å². The van der Waals surface area contributed by atoms with E-state index in [9.17, 15) is 0 Å². The maximum Gasteiger partial charge on any atom is 0.0536 e. The van der Waals surface area contributed by atoms with Crippen molar-refractivity contribution < 1.29 is 0 Å². The van der Waals surface area contributed by atoms with Gasteiger partial charge in [0.2, 0.25) is 0 Å². The molecular formula is C42H90S2Si2. The average molecular weight is 715 g/mol. The lowest BCUT2D eigenvalue weighted by atomic mass is 10.2. The molecule has 0 atom stereocenters. The van der Waals surface area contributed by atoms with E-state index in [-0.39, 0.29) is 0 Å². The molecule has 0 radical (unpaired) electrons. The first-order valence-electron chi connectivity index (χ1n) is 21.8. The van der Waals surface area contributed by atoms with Crippen molar-refractivity contribution in [2.45, 2.75) is 257 Å². The van der Waals surface area contributed by atoms with E-state index >= 15 is 0 Å². The zero-order chi connectivity index (χ0) is 33.9. The second kappa shape index (κ2) is 35.9. The molecule has 46 heavy (non-hydrogen) atoms. The minimum Gasteiger partial charge on any atom is -0.0942 e. The van der Waals surface area contributed by atoms with Gasteiger partial charge in [0.15, 0.2) is 0 Å². The lowest BCUT2D eigenvalue weighted by Gasteiger charge is -2.33. The van der Waals surface area contributed by atoms with Gasteiger partial charge in [0.1, 0.15) is 0 Å². The van der Waals surface area contributed by atoms with Crippen LogP contribution in [0.2, 0.25) is 48.4 Å². The van der Waals surface area contributed by atoms with Crippen LogP contribution in [0.3, 0.4) is 0 Å². The van der Waals surface area contributed by atoms with Gasteiger partial charge >= 0.3 is 0 Å². The van der Waals surface area contributed by atoms with E-state index < -0.39 is 16.1 Å². The van der Waals surface area contributed by atoms with Crippen LogP contribution >= 0.6 is 21.6 Å². The topological polar surface area (TPSA) is 0 Å². The quantitative estimate of drug-likeness (QED) is 0.0353. The molecule has 0 amide bonds. The van der Waals surface area contributed by atoms with Crippen LogP contribution in [0.25, 0.3) is 0 Å². The molecule has 0 N–H and O–H groups in total. The summed E-state index contributed by atoms with van der Waals surface area (Å²) in [4.78, 5) is 0. The van der Waals surface area contributed by atoms with Crippen molar-refractivity contribution in [3.8, 4) is 0 Å². The van der Waals surface area contributed by atoms with E-state index in [0.717, 1.165) is 0 Å². The second-order valence-corrected chi connectivity index (χ2v) is 28.4. The van der Waals surface area contributed by atoms with Gasteiger partial charge in [0.05, 0.1) is 16.1 Å². The molecule has 278 valence electrons. The Morgan fingerprint density at radius 3 is 0.630 bits per heavy atom. The molecule has 0 rings (SSSR count). The fourth-order valence-electron chi connectivity index (χ4n) is 8.19. The number of unbranched alkanes of at least 4 members (excludes halogenated alkanes) is 18. The molecule has 0 saturated heterocycles. The van der Waals surface area contributed by atoms with Crippen molar-refractivity contribution in [2.24, 2.45) is 0 Å². The van der Waals surface area contributed by atoms with Crippen molar-refractivity contribution in [1.29, 1.82) is 0 Å². The predicted molar refractivity (Wildman–Crippen MR) is 229 cm³/mol. The zero-order valence-electron chi connectivity index (χ0n) is 33.3. The van der Waals surface area contributed by atoms with E-state index in [4.69, 9.17) is 0 Å². The normalized spacial score (nSPS) is 12.4. The smallest absolute Gasteiger partial charge is 0.0536 e. The number of rotatable bonds is 39.